The Morgan fingerprint density at radius 2 is 1.92 bits per heavy atom. The molecular weight excluding hydrogens is 462 g/mol. The topological polar surface area (TPSA) is 59.5 Å². The largest absolute Gasteiger partial charge is 0.493 e. The van der Waals surface area contributed by atoms with E-state index < -0.39 is 5.92 Å². The van der Waals surface area contributed by atoms with Crippen LogP contribution >= 0.6 is 0 Å². The predicted molar refractivity (Wildman–Crippen MR) is 139 cm³/mol. The van der Waals surface area contributed by atoms with Crippen LogP contribution in [0.2, 0.25) is 0 Å². The van der Waals surface area contributed by atoms with E-state index in [0.29, 0.717) is 47.4 Å². The summed E-state index contributed by atoms with van der Waals surface area (Å²) in [6, 6.07) is 9.42. The molecule has 3 aromatic rings. The molecule has 1 aliphatic heterocycles. The van der Waals surface area contributed by atoms with Crippen LogP contribution in [0.3, 0.4) is 0 Å². The fourth-order valence-electron chi connectivity index (χ4n) is 5.10. The molecule has 1 aromatic heterocycles. The van der Waals surface area contributed by atoms with Gasteiger partial charge in [-0.2, -0.15) is 0 Å². The molecule has 4 rings (SSSR count). The number of rotatable bonds is 8. The molecule has 0 saturated carbocycles. The summed E-state index contributed by atoms with van der Waals surface area (Å²) in [6.45, 7) is 9.23. The number of aryl methyl sites for hydroxylation is 1. The predicted octanol–water partition coefficient (Wildman–Crippen LogP) is 6.40. The lowest BCUT2D eigenvalue weighted by Crippen LogP contribution is -2.34. The molecule has 0 aliphatic carbocycles. The first-order valence-corrected chi connectivity index (χ1v) is 12.4. The van der Waals surface area contributed by atoms with Gasteiger partial charge < -0.3 is 14.8 Å². The summed E-state index contributed by atoms with van der Waals surface area (Å²) in [5.74, 6) is -0.449. The lowest BCUT2D eigenvalue weighted by Gasteiger charge is -2.24. The fraction of sp³-hybridized carbons (Fsp3) is 0.500. The quantitative estimate of drug-likeness (QED) is 0.388. The Morgan fingerprint density at radius 3 is 2.56 bits per heavy atom. The maximum absolute atomic E-state index is 14.1. The number of nitrogens with one attached hydrogen (secondary N) is 1. The molecule has 0 spiro atoms. The monoisotopic (exact) mass is 498 g/mol. The van der Waals surface area contributed by atoms with Crippen LogP contribution < -0.4 is 14.8 Å². The van der Waals surface area contributed by atoms with Gasteiger partial charge in [0, 0.05) is 36.0 Å². The summed E-state index contributed by atoms with van der Waals surface area (Å²) in [4.78, 5) is 11.6. The van der Waals surface area contributed by atoms with E-state index in [-0.39, 0.29) is 11.6 Å². The van der Waals surface area contributed by atoms with Crippen LogP contribution in [0.5, 0.6) is 11.5 Å². The number of benzene rings is 2. The first kappa shape index (κ1) is 26.1. The van der Waals surface area contributed by atoms with Gasteiger partial charge in [-0.05, 0) is 64.8 Å². The Labute approximate surface area is 212 Å². The first-order valence-electron chi connectivity index (χ1n) is 12.4. The van der Waals surface area contributed by atoms with E-state index in [2.05, 4.69) is 34.2 Å². The summed E-state index contributed by atoms with van der Waals surface area (Å²) in [5, 5.41) is 4.22. The molecule has 8 heteroatoms. The van der Waals surface area contributed by atoms with Gasteiger partial charge in [-0.15, -0.1) is 0 Å². The van der Waals surface area contributed by atoms with Crippen molar-refractivity contribution in [3.63, 3.8) is 0 Å². The van der Waals surface area contributed by atoms with Crippen molar-refractivity contribution < 1.29 is 18.3 Å². The number of likely N-dealkylation sites (tertiary alicyclic amines) is 1. The van der Waals surface area contributed by atoms with Crippen LogP contribution in [0, 0.1) is 13.8 Å². The SMILES string of the molecule is COc1cc2nc(C)nc(N[C@H](C)c3cccc(C(C)(F)F)c3C)c2cc1OC[C@@H]1CC[C@H](C)N1C. The minimum Gasteiger partial charge on any atom is -0.493 e. The maximum Gasteiger partial charge on any atom is 0.270 e. The minimum atomic E-state index is -2.91. The van der Waals surface area contributed by atoms with Crippen LogP contribution in [-0.4, -0.2) is 47.7 Å². The molecular formula is C28H36F2N4O2. The number of fused-ring (bicyclic) bond motifs is 1. The van der Waals surface area contributed by atoms with Gasteiger partial charge in [0.2, 0.25) is 0 Å². The summed E-state index contributed by atoms with van der Waals surface area (Å²) in [7, 11) is 3.75. The average Bonchev–Trinajstić information content (AvgIpc) is 3.13. The second kappa shape index (κ2) is 10.2. The lowest BCUT2D eigenvalue weighted by molar-refractivity contribution is 0.0167. The molecule has 2 heterocycles. The Morgan fingerprint density at radius 1 is 1.17 bits per heavy atom. The molecule has 3 atom stereocenters. The molecule has 1 aliphatic rings. The number of likely N-dealkylation sites (N-methyl/N-ethyl adjacent to an activating group) is 1. The van der Waals surface area contributed by atoms with Crippen molar-refractivity contribution in [2.75, 3.05) is 26.1 Å². The van der Waals surface area contributed by atoms with E-state index in [1.807, 2.05) is 32.0 Å². The van der Waals surface area contributed by atoms with Gasteiger partial charge in [0.1, 0.15) is 18.2 Å². The highest BCUT2D eigenvalue weighted by atomic mass is 19.3. The summed E-state index contributed by atoms with van der Waals surface area (Å²) in [5.41, 5.74) is 2.12. The highest BCUT2D eigenvalue weighted by Crippen LogP contribution is 2.37. The van der Waals surface area contributed by atoms with Crippen LogP contribution in [0.25, 0.3) is 10.9 Å². The van der Waals surface area contributed by atoms with Gasteiger partial charge in [-0.1, -0.05) is 18.2 Å². The summed E-state index contributed by atoms with van der Waals surface area (Å²) >= 11 is 0. The highest BCUT2D eigenvalue weighted by molar-refractivity contribution is 5.92. The highest BCUT2D eigenvalue weighted by Gasteiger charge is 2.29. The molecule has 194 valence electrons. The normalized spacial score (nSPS) is 19.5. The van der Waals surface area contributed by atoms with E-state index in [0.717, 1.165) is 36.2 Å². The van der Waals surface area contributed by atoms with Gasteiger partial charge in [0.05, 0.1) is 18.7 Å². The number of halogens is 2. The van der Waals surface area contributed by atoms with Gasteiger partial charge in [0.15, 0.2) is 11.5 Å². The second-order valence-electron chi connectivity index (χ2n) is 9.97. The third-order valence-electron chi connectivity index (χ3n) is 7.38. The molecule has 1 N–H and O–H groups in total. The average molecular weight is 499 g/mol. The van der Waals surface area contributed by atoms with Crippen molar-refractivity contribution in [1.82, 2.24) is 14.9 Å². The number of nitrogens with zero attached hydrogens (tertiary/aromatic N) is 3. The molecule has 0 bridgehead atoms. The van der Waals surface area contributed by atoms with Crippen molar-refractivity contribution in [1.29, 1.82) is 0 Å². The molecule has 0 unspecified atom stereocenters. The van der Waals surface area contributed by atoms with Crippen LogP contribution in [0.1, 0.15) is 62.2 Å². The van der Waals surface area contributed by atoms with Gasteiger partial charge in [-0.25, -0.2) is 18.7 Å². The number of hydrogen-bond donors (Lipinski definition) is 1. The van der Waals surface area contributed by atoms with Crippen LogP contribution in [-0.2, 0) is 5.92 Å². The smallest absolute Gasteiger partial charge is 0.270 e. The van der Waals surface area contributed by atoms with E-state index in [4.69, 9.17) is 9.47 Å². The summed E-state index contributed by atoms with van der Waals surface area (Å²) in [6.07, 6.45) is 2.25. The van der Waals surface area contributed by atoms with Gasteiger partial charge in [-0.3, -0.25) is 4.90 Å². The van der Waals surface area contributed by atoms with E-state index in [1.165, 1.54) is 6.07 Å². The number of aromatic nitrogens is 2. The number of hydrogen-bond acceptors (Lipinski definition) is 6. The van der Waals surface area contributed by atoms with Crippen LogP contribution in [0.4, 0.5) is 14.6 Å². The van der Waals surface area contributed by atoms with Crippen molar-refractivity contribution in [3.05, 3.63) is 52.8 Å². The zero-order chi connectivity index (χ0) is 26.2. The third kappa shape index (κ3) is 5.24. The van der Waals surface area contributed by atoms with Crippen LogP contribution in [0.15, 0.2) is 30.3 Å². The standard InChI is InChI=1S/C28H36F2N4O2/c1-16-11-12-20(34(16)6)15-36-26-13-22-24(14-25(26)35-7)32-19(4)33-27(22)31-18(3)21-9-8-10-23(17(21)2)28(5,29)30/h8-10,13-14,16,18,20H,11-12,15H2,1-7H3,(H,31,32,33)/t16-,18+,20-/m0/s1. The fourth-order valence-corrected chi connectivity index (χ4v) is 5.10. The Bertz CT molecular complexity index is 1240. The lowest BCUT2D eigenvalue weighted by atomic mass is 9.94. The molecule has 1 saturated heterocycles. The number of ether oxygens (including phenoxy) is 2. The number of alkyl halides is 2. The van der Waals surface area contributed by atoms with Gasteiger partial charge >= 0.3 is 0 Å². The number of anilines is 1. The Balaban J connectivity index is 1.67. The Hall–Kier alpha value is -3.00. The second-order valence-corrected chi connectivity index (χ2v) is 9.97. The Kier molecular flexibility index (Phi) is 7.36. The zero-order valence-corrected chi connectivity index (χ0v) is 22.2. The molecule has 1 fully saturated rings. The van der Waals surface area contributed by atoms with E-state index in [1.54, 1.807) is 20.1 Å². The molecule has 0 radical (unpaired) electrons. The molecule has 0 amide bonds. The first-order chi connectivity index (χ1) is 17.0. The molecule has 36 heavy (non-hydrogen) atoms. The molecule has 2 aromatic carbocycles. The van der Waals surface area contributed by atoms with Crippen molar-refractivity contribution >= 4 is 16.7 Å². The van der Waals surface area contributed by atoms with Crippen molar-refractivity contribution in [2.45, 2.75) is 71.5 Å². The van der Waals surface area contributed by atoms with Crippen molar-refractivity contribution in [2.24, 2.45) is 0 Å². The third-order valence-corrected chi connectivity index (χ3v) is 7.38. The van der Waals surface area contributed by atoms with E-state index in [9.17, 15) is 8.78 Å². The number of methoxy groups -OCH3 is 1. The van der Waals surface area contributed by atoms with Gasteiger partial charge in [0.25, 0.3) is 5.92 Å². The summed E-state index contributed by atoms with van der Waals surface area (Å²) < 4.78 is 40.1. The van der Waals surface area contributed by atoms with E-state index >= 15 is 0 Å². The van der Waals surface area contributed by atoms with Crippen molar-refractivity contribution in [3.8, 4) is 11.5 Å². The molecule has 6 nitrogen and oxygen atoms in total. The maximum atomic E-state index is 14.1. The zero-order valence-electron chi connectivity index (χ0n) is 22.2. The minimum absolute atomic E-state index is 0.0315.